The van der Waals surface area contributed by atoms with Crippen molar-refractivity contribution in [1.29, 1.82) is 0 Å². The minimum atomic E-state index is -0.342. The van der Waals surface area contributed by atoms with Crippen LogP contribution in [0.1, 0.15) is 23.6 Å². The summed E-state index contributed by atoms with van der Waals surface area (Å²) in [6.45, 7) is 6.65. The number of rotatable bonds is 9. The molecule has 0 aliphatic carbocycles. The van der Waals surface area contributed by atoms with E-state index in [1.165, 1.54) is 10.3 Å². The molecule has 0 unspecified atom stereocenters. The minimum Gasteiger partial charge on any atom is -0.490 e. The molecule has 0 spiro atoms. The number of amides is 2. The highest BCUT2D eigenvalue weighted by Gasteiger charge is 2.36. The predicted molar refractivity (Wildman–Crippen MR) is 155 cm³/mol. The zero-order valence-electron chi connectivity index (χ0n) is 21.1. The van der Waals surface area contributed by atoms with Gasteiger partial charge in [0.1, 0.15) is 6.61 Å². The first-order valence-corrected chi connectivity index (χ1v) is 13.2. The van der Waals surface area contributed by atoms with Crippen LogP contribution in [0.3, 0.4) is 0 Å². The van der Waals surface area contributed by atoms with Crippen LogP contribution in [-0.4, -0.2) is 17.8 Å². The first-order chi connectivity index (χ1) is 18.6. The lowest BCUT2D eigenvalue weighted by molar-refractivity contribution is -0.113. The number of nitrogens with zero attached hydrogens (tertiary/aromatic N) is 1. The van der Waals surface area contributed by atoms with E-state index in [2.05, 4.69) is 36.9 Å². The van der Waals surface area contributed by atoms with Crippen LogP contribution in [0.25, 0.3) is 16.8 Å². The molecule has 2 amide bonds. The minimum absolute atomic E-state index is 0.320. The van der Waals surface area contributed by atoms with Gasteiger partial charge in [0, 0.05) is 5.56 Å². The van der Waals surface area contributed by atoms with Crippen LogP contribution in [0.15, 0.2) is 102 Å². The summed E-state index contributed by atoms with van der Waals surface area (Å²) in [6.07, 6.45) is 4.09. The Balaban J connectivity index is 1.45. The Morgan fingerprint density at radius 2 is 1.66 bits per heavy atom. The standard InChI is InChI=1S/C32H27NO4S/c1-3-10-26-18-23(20-29-31(34)33(32(35)38-29)27-13-6-5-7-14-27)19-28(36-4-2)30(26)37-21-22-15-16-24-11-8-9-12-25(24)17-22/h3,5-9,11-20H,1,4,10,21H2,2H3/b29-20-. The molecule has 0 radical (unpaired) electrons. The molecule has 1 saturated heterocycles. The van der Waals surface area contributed by atoms with Gasteiger partial charge in [0.25, 0.3) is 11.1 Å². The van der Waals surface area contributed by atoms with Gasteiger partial charge in [0.05, 0.1) is 17.2 Å². The van der Waals surface area contributed by atoms with E-state index in [4.69, 9.17) is 9.47 Å². The van der Waals surface area contributed by atoms with Gasteiger partial charge in [0.2, 0.25) is 0 Å². The summed E-state index contributed by atoms with van der Waals surface area (Å²) in [5.41, 5.74) is 3.25. The number of allylic oxidation sites excluding steroid dienone is 1. The highest BCUT2D eigenvalue weighted by atomic mass is 32.2. The molecular weight excluding hydrogens is 494 g/mol. The van der Waals surface area contributed by atoms with Crippen LogP contribution in [0.5, 0.6) is 11.5 Å². The van der Waals surface area contributed by atoms with Crippen molar-refractivity contribution in [3.05, 3.63) is 119 Å². The second-order valence-corrected chi connectivity index (χ2v) is 9.75. The van der Waals surface area contributed by atoms with Crippen LogP contribution in [0.2, 0.25) is 0 Å². The van der Waals surface area contributed by atoms with Crippen LogP contribution >= 0.6 is 11.8 Å². The number of anilines is 1. The molecule has 1 heterocycles. The molecule has 1 aliphatic heterocycles. The smallest absolute Gasteiger partial charge is 0.298 e. The average Bonchev–Trinajstić information content (AvgIpc) is 3.21. The lowest BCUT2D eigenvalue weighted by Gasteiger charge is -2.17. The van der Waals surface area contributed by atoms with E-state index >= 15 is 0 Å². The molecule has 0 saturated carbocycles. The number of benzene rings is 4. The molecular formula is C32H27NO4S. The summed E-state index contributed by atoms with van der Waals surface area (Å²) >= 11 is 0.929. The maximum absolute atomic E-state index is 13.1. The van der Waals surface area contributed by atoms with E-state index < -0.39 is 0 Å². The van der Waals surface area contributed by atoms with Gasteiger partial charge in [-0.05, 0) is 83.4 Å². The Kier molecular flexibility index (Phi) is 7.61. The van der Waals surface area contributed by atoms with Gasteiger partial charge >= 0.3 is 0 Å². The van der Waals surface area contributed by atoms with Gasteiger partial charge in [-0.1, -0.05) is 60.7 Å². The van der Waals surface area contributed by atoms with Gasteiger partial charge in [-0.15, -0.1) is 6.58 Å². The molecule has 4 aromatic rings. The van der Waals surface area contributed by atoms with E-state index in [1.54, 1.807) is 36.4 Å². The molecule has 0 aromatic heterocycles. The van der Waals surface area contributed by atoms with Gasteiger partial charge in [-0.2, -0.15) is 0 Å². The molecule has 1 aliphatic rings. The van der Waals surface area contributed by atoms with Crippen LogP contribution in [0.4, 0.5) is 10.5 Å². The fourth-order valence-corrected chi connectivity index (χ4v) is 5.24. The second kappa shape index (κ2) is 11.4. The molecule has 5 rings (SSSR count). The number of carbonyl (C=O) groups excluding carboxylic acids is 2. The van der Waals surface area contributed by atoms with Crippen LogP contribution in [-0.2, 0) is 17.8 Å². The highest BCUT2D eigenvalue weighted by molar-refractivity contribution is 8.19. The van der Waals surface area contributed by atoms with Gasteiger partial charge < -0.3 is 9.47 Å². The fourth-order valence-electron chi connectivity index (χ4n) is 4.40. The maximum atomic E-state index is 13.1. The van der Waals surface area contributed by atoms with Gasteiger partial charge in [0.15, 0.2) is 11.5 Å². The molecule has 0 N–H and O–H groups in total. The van der Waals surface area contributed by atoms with Crippen molar-refractivity contribution in [1.82, 2.24) is 0 Å². The number of para-hydroxylation sites is 1. The first-order valence-electron chi connectivity index (χ1n) is 12.4. The van der Waals surface area contributed by atoms with Crippen molar-refractivity contribution >= 4 is 45.4 Å². The molecule has 190 valence electrons. The van der Waals surface area contributed by atoms with E-state index in [1.807, 2.05) is 37.3 Å². The Labute approximate surface area is 226 Å². The van der Waals surface area contributed by atoms with Crippen molar-refractivity contribution in [3.8, 4) is 11.5 Å². The second-order valence-electron chi connectivity index (χ2n) is 8.76. The molecule has 5 nitrogen and oxygen atoms in total. The molecule has 4 aromatic carbocycles. The van der Waals surface area contributed by atoms with Gasteiger partial charge in [-0.3, -0.25) is 9.59 Å². The van der Waals surface area contributed by atoms with E-state index in [0.29, 0.717) is 41.7 Å². The Morgan fingerprint density at radius 1 is 0.895 bits per heavy atom. The summed E-state index contributed by atoms with van der Waals surface area (Å²) in [4.78, 5) is 27.3. The highest BCUT2D eigenvalue weighted by Crippen LogP contribution is 2.39. The van der Waals surface area contributed by atoms with E-state index in [9.17, 15) is 9.59 Å². The predicted octanol–water partition coefficient (Wildman–Crippen LogP) is 7.79. The summed E-state index contributed by atoms with van der Waals surface area (Å²) < 4.78 is 12.3. The molecule has 0 bridgehead atoms. The van der Waals surface area contributed by atoms with E-state index in [0.717, 1.165) is 33.8 Å². The number of hydrogen-bond acceptors (Lipinski definition) is 5. The van der Waals surface area contributed by atoms with Crippen molar-refractivity contribution in [2.45, 2.75) is 20.0 Å². The topological polar surface area (TPSA) is 55.8 Å². The molecule has 0 atom stereocenters. The normalized spacial score (nSPS) is 14.3. The number of hydrogen-bond donors (Lipinski definition) is 0. The van der Waals surface area contributed by atoms with Crippen molar-refractivity contribution in [2.24, 2.45) is 0 Å². The lowest BCUT2D eigenvalue weighted by atomic mass is 10.0. The quantitative estimate of drug-likeness (QED) is 0.166. The van der Waals surface area contributed by atoms with Crippen molar-refractivity contribution in [3.63, 3.8) is 0 Å². The number of thioether (sulfide) groups is 1. The van der Waals surface area contributed by atoms with Crippen LogP contribution in [0, 0.1) is 0 Å². The zero-order valence-corrected chi connectivity index (χ0v) is 21.9. The summed E-state index contributed by atoms with van der Waals surface area (Å²) in [5, 5.41) is 2.02. The van der Waals surface area contributed by atoms with Crippen molar-refractivity contribution in [2.75, 3.05) is 11.5 Å². The Hall–Kier alpha value is -4.29. The molecule has 38 heavy (non-hydrogen) atoms. The molecule has 6 heteroatoms. The number of imide groups is 1. The number of ether oxygens (including phenoxy) is 2. The molecule has 1 fully saturated rings. The number of fused-ring (bicyclic) bond motifs is 1. The number of carbonyl (C=O) groups is 2. The first kappa shape index (κ1) is 25.4. The lowest BCUT2D eigenvalue weighted by Crippen LogP contribution is -2.27. The van der Waals surface area contributed by atoms with Crippen molar-refractivity contribution < 1.29 is 19.1 Å². The maximum Gasteiger partial charge on any atom is 0.298 e. The third kappa shape index (κ3) is 5.36. The van der Waals surface area contributed by atoms with E-state index in [-0.39, 0.29) is 11.1 Å². The SMILES string of the molecule is C=CCc1cc(/C=C2\SC(=O)N(c3ccccc3)C2=O)cc(OCC)c1OCc1ccc2ccccc2c1. The third-order valence-corrected chi connectivity index (χ3v) is 6.99. The summed E-state index contributed by atoms with van der Waals surface area (Å²) in [6, 6.07) is 27.2. The largest absolute Gasteiger partial charge is 0.490 e. The Morgan fingerprint density at radius 3 is 2.42 bits per heavy atom. The Bertz CT molecular complexity index is 1540. The fraction of sp³-hybridized carbons (Fsp3) is 0.125. The van der Waals surface area contributed by atoms with Gasteiger partial charge in [-0.25, -0.2) is 4.90 Å². The average molecular weight is 522 g/mol. The monoisotopic (exact) mass is 521 g/mol. The summed E-state index contributed by atoms with van der Waals surface area (Å²) in [7, 11) is 0. The zero-order chi connectivity index (χ0) is 26.5. The van der Waals surface area contributed by atoms with Crippen LogP contribution < -0.4 is 14.4 Å². The summed E-state index contributed by atoms with van der Waals surface area (Å²) in [5.74, 6) is 0.890. The third-order valence-electron chi connectivity index (χ3n) is 6.12.